The van der Waals surface area contributed by atoms with Crippen LogP contribution in [-0.4, -0.2) is 39.0 Å². The standard InChI is InChI=1S/C10H22N2O3/c1-7(8(14-4)15-5)12-6-10(2,3)9(11)13/h7-8,12H,6H2,1-5H3,(H2,11,13). The van der Waals surface area contributed by atoms with E-state index >= 15 is 0 Å². The van der Waals surface area contributed by atoms with Crippen molar-refractivity contribution in [2.45, 2.75) is 33.1 Å². The highest BCUT2D eigenvalue weighted by Gasteiger charge is 2.26. The third-order valence-corrected chi connectivity index (χ3v) is 2.41. The Morgan fingerprint density at radius 2 is 1.87 bits per heavy atom. The molecule has 0 aromatic rings. The summed E-state index contributed by atoms with van der Waals surface area (Å²) in [5.41, 5.74) is 4.69. The number of primary amides is 1. The molecule has 0 aliphatic rings. The van der Waals surface area contributed by atoms with E-state index in [1.54, 1.807) is 28.1 Å². The summed E-state index contributed by atoms with van der Waals surface area (Å²) in [7, 11) is 3.15. The maximum atomic E-state index is 11.1. The van der Waals surface area contributed by atoms with E-state index in [9.17, 15) is 4.79 Å². The van der Waals surface area contributed by atoms with E-state index < -0.39 is 5.41 Å². The number of hydrogen-bond acceptors (Lipinski definition) is 4. The van der Waals surface area contributed by atoms with Gasteiger partial charge in [0.1, 0.15) is 0 Å². The Bertz CT molecular complexity index is 203. The molecule has 0 aliphatic heterocycles. The van der Waals surface area contributed by atoms with E-state index in [4.69, 9.17) is 15.2 Å². The molecule has 1 atom stereocenters. The lowest BCUT2D eigenvalue weighted by Gasteiger charge is -2.27. The number of hydrogen-bond donors (Lipinski definition) is 2. The molecular weight excluding hydrogens is 196 g/mol. The molecule has 15 heavy (non-hydrogen) atoms. The van der Waals surface area contributed by atoms with Crippen LogP contribution >= 0.6 is 0 Å². The van der Waals surface area contributed by atoms with Crippen LogP contribution in [0.5, 0.6) is 0 Å². The molecular formula is C10H22N2O3. The summed E-state index contributed by atoms with van der Waals surface area (Å²) < 4.78 is 10.2. The number of rotatable bonds is 7. The average Bonchev–Trinajstić information content (AvgIpc) is 2.16. The zero-order valence-electron chi connectivity index (χ0n) is 10.2. The number of nitrogens with one attached hydrogen (secondary N) is 1. The van der Waals surface area contributed by atoms with Crippen LogP contribution in [0.1, 0.15) is 20.8 Å². The van der Waals surface area contributed by atoms with Gasteiger partial charge in [-0.1, -0.05) is 0 Å². The lowest BCUT2D eigenvalue weighted by molar-refractivity contribution is -0.129. The number of amides is 1. The largest absolute Gasteiger partial charge is 0.369 e. The number of ether oxygens (including phenoxy) is 2. The van der Waals surface area contributed by atoms with Gasteiger partial charge in [-0.3, -0.25) is 4.79 Å². The van der Waals surface area contributed by atoms with Gasteiger partial charge in [0, 0.05) is 20.8 Å². The van der Waals surface area contributed by atoms with Crippen LogP contribution in [-0.2, 0) is 14.3 Å². The van der Waals surface area contributed by atoms with Gasteiger partial charge in [-0.05, 0) is 20.8 Å². The van der Waals surface area contributed by atoms with E-state index in [0.29, 0.717) is 6.54 Å². The Morgan fingerprint density at radius 3 is 2.20 bits per heavy atom. The summed E-state index contributed by atoms with van der Waals surface area (Å²) in [6.07, 6.45) is -0.325. The third kappa shape index (κ3) is 4.59. The van der Waals surface area contributed by atoms with Crippen molar-refractivity contribution in [3.05, 3.63) is 0 Å². The smallest absolute Gasteiger partial charge is 0.224 e. The molecule has 5 heteroatoms. The molecule has 0 aromatic carbocycles. The van der Waals surface area contributed by atoms with Gasteiger partial charge in [0.2, 0.25) is 5.91 Å². The van der Waals surface area contributed by atoms with Crippen molar-refractivity contribution in [3.63, 3.8) is 0 Å². The zero-order chi connectivity index (χ0) is 12.1. The van der Waals surface area contributed by atoms with Gasteiger partial charge in [0.25, 0.3) is 0 Å². The first-order valence-corrected chi connectivity index (χ1v) is 4.94. The quantitative estimate of drug-likeness (QED) is 0.594. The van der Waals surface area contributed by atoms with Crippen LogP contribution in [0.2, 0.25) is 0 Å². The molecule has 90 valence electrons. The Labute approximate surface area is 91.3 Å². The van der Waals surface area contributed by atoms with E-state index in [1.165, 1.54) is 0 Å². The van der Waals surface area contributed by atoms with Crippen molar-refractivity contribution in [1.82, 2.24) is 5.32 Å². The van der Waals surface area contributed by atoms with Crippen molar-refractivity contribution in [3.8, 4) is 0 Å². The van der Waals surface area contributed by atoms with Crippen molar-refractivity contribution < 1.29 is 14.3 Å². The second-order valence-corrected chi connectivity index (χ2v) is 4.26. The summed E-state index contributed by atoms with van der Waals surface area (Å²) in [4.78, 5) is 11.1. The van der Waals surface area contributed by atoms with Crippen LogP contribution in [0.15, 0.2) is 0 Å². The summed E-state index contributed by atoms with van der Waals surface area (Å²) in [5.74, 6) is -0.325. The fourth-order valence-corrected chi connectivity index (χ4v) is 1.10. The zero-order valence-corrected chi connectivity index (χ0v) is 10.2. The molecule has 0 spiro atoms. The second kappa shape index (κ2) is 6.05. The van der Waals surface area contributed by atoms with Gasteiger partial charge in [-0.2, -0.15) is 0 Å². The van der Waals surface area contributed by atoms with Crippen molar-refractivity contribution >= 4 is 5.91 Å². The summed E-state index contributed by atoms with van der Waals surface area (Å²) in [6, 6.07) is -0.00127. The fourth-order valence-electron chi connectivity index (χ4n) is 1.10. The van der Waals surface area contributed by atoms with E-state index in [-0.39, 0.29) is 18.2 Å². The maximum absolute atomic E-state index is 11.1. The Hall–Kier alpha value is -0.650. The molecule has 1 amide bonds. The molecule has 0 saturated carbocycles. The molecule has 0 aromatic heterocycles. The van der Waals surface area contributed by atoms with Crippen molar-refractivity contribution in [2.75, 3.05) is 20.8 Å². The maximum Gasteiger partial charge on any atom is 0.224 e. The van der Waals surface area contributed by atoms with Crippen LogP contribution in [0, 0.1) is 5.41 Å². The molecule has 1 unspecified atom stereocenters. The third-order valence-electron chi connectivity index (χ3n) is 2.41. The van der Waals surface area contributed by atoms with E-state index in [2.05, 4.69) is 5.32 Å². The fraction of sp³-hybridized carbons (Fsp3) is 0.900. The Kier molecular flexibility index (Phi) is 5.79. The highest BCUT2D eigenvalue weighted by molar-refractivity contribution is 5.80. The minimum Gasteiger partial charge on any atom is -0.369 e. The predicted octanol–water partition coefficient (Wildman–Crippen LogP) is 0.0949. The first kappa shape index (κ1) is 14.3. The molecule has 0 radical (unpaired) electrons. The number of carbonyl (C=O) groups excluding carboxylic acids is 1. The molecule has 0 bridgehead atoms. The van der Waals surface area contributed by atoms with Gasteiger partial charge in [0.15, 0.2) is 6.29 Å². The monoisotopic (exact) mass is 218 g/mol. The Morgan fingerprint density at radius 1 is 1.40 bits per heavy atom. The molecule has 0 rings (SSSR count). The first-order valence-electron chi connectivity index (χ1n) is 4.94. The SMILES string of the molecule is COC(OC)C(C)NCC(C)(C)C(N)=O. The highest BCUT2D eigenvalue weighted by atomic mass is 16.7. The summed E-state index contributed by atoms with van der Waals surface area (Å²) in [5, 5.41) is 3.16. The summed E-state index contributed by atoms with van der Waals surface area (Å²) >= 11 is 0. The van der Waals surface area contributed by atoms with Crippen LogP contribution in [0.4, 0.5) is 0 Å². The van der Waals surface area contributed by atoms with Crippen LogP contribution in [0.25, 0.3) is 0 Å². The predicted molar refractivity (Wildman–Crippen MR) is 58.2 cm³/mol. The van der Waals surface area contributed by atoms with Crippen molar-refractivity contribution in [2.24, 2.45) is 11.1 Å². The normalized spacial score (nSPS) is 14.3. The highest BCUT2D eigenvalue weighted by Crippen LogP contribution is 2.12. The van der Waals surface area contributed by atoms with Gasteiger partial charge in [-0.25, -0.2) is 0 Å². The minimum atomic E-state index is -0.569. The molecule has 0 saturated heterocycles. The number of nitrogens with two attached hydrogens (primary N) is 1. The summed E-state index contributed by atoms with van der Waals surface area (Å²) in [6.45, 7) is 6.01. The molecule has 5 nitrogen and oxygen atoms in total. The minimum absolute atomic E-state index is 0.00127. The molecule has 0 heterocycles. The second-order valence-electron chi connectivity index (χ2n) is 4.26. The Balaban J connectivity index is 4.09. The molecule has 3 N–H and O–H groups in total. The number of carbonyl (C=O) groups is 1. The van der Waals surface area contributed by atoms with Gasteiger partial charge < -0.3 is 20.5 Å². The van der Waals surface area contributed by atoms with Crippen molar-refractivity contribution in [1.29, 1.82) is 0 Å². The van der Waals surface area contributed by atoms with E-state index in [1.807, 2.05) is 6.92 Å². The average molecular weight is 218 g/mol. The molecule has 0 fully saturated rings. The topological polar surface area (TPSA) is 73.6 Å². The van der Waals surface area contributed by atoms with Gasteiger partial charge in [-0.15, -0.1) is 0 Å². The van der Waals surface area contributed by atoms with Crippen LogP contribution < -0.4 is 11.1 Å². The lowest BCUT2D eigenvalue weighted by atomic mass is 9.92. The molecule has 0 aliphatic carbocycles. The first-order chi connectivity index (χ1) is 6.85. The number of methoxy groups -OCH3 is 2. The van der Waals surface area contributed by atoms with Gasteiger partial charge in [0.05, 0.1) is 11.5 Å². The lowest BCUT2D eigenvalue weighted by Crippen LogP contribution is -2.47. The van der Waals surface area contributed by atoms with Gasteiger partial charge >= 0.3 is 0 Å². The van der Waals surface area contributed by atoms with E-state index in [0.717, 1.165) is 0 Å². The van der Waals surface area contributed by atoms with Crippen LogP contribution in [0.3, 0.4) is 0 Å².